The van der Waals surface area contributed by atoms with E-state index < -0.39 is 24.1 Å². The summed E-state index contributed by atoms with van der Waals surface area (Å²) in [5.41, 5.74) is 0. The highest BCUT2D eigenvalue weighted by atomic mass is 16.4. The minimum Gasteiger partial charge on any atom is -0.480 e. The number of carboxylic acid groups (broad SMARTS) is 1. The van der Waals surface area contributed by atoms with Crippen molar-refractivity contribution in [2.45, 2.75) is 25.0 Å². The van der Waals surface area contributed by atoms with E-state index in [1.54, 1.807) is 0 Å². The Morgan fingerprint density at radius 3 is 2.79 bits per heavy atom. The molecule has 2 aliphatic rings. The van der Waals surface area contributed by atoms with Gasteiger partial charge < -0.3 is 25.3 Å². The lowest BCUT2D eigenvalue weighted by Gasteiger charge is -2.28. The van der Waals surface area contributed by atoms with Crippen LogP contribution in [0.2, 0.25) is 0 Å². The first-order valence-electron chi connectivity index (χ1n) is 6.22. The Balaban J connectivity index is 2.09. The van der Waals surface area contributed by atoms with Crippen molar-refractivity contribution in [3.05, 3.63) is 0 Å². The number of nitrogens with one attached hydrogen (secondary N) is 1. The van der Waals surface area contributed by atoms with E-state index in [4.69, 9.17) is 5.11 Å². The highest BCUT2D eigenvalue weighted by molar-refractivity contribution is 5.87. The zero-order chi connectivity index (χ0) is 14.0. The van der Waals surface area contributed by atoms with Crippen molar-refractivity contribution in [2.24, 2.45) is 0 Å². The van der Waals surface area contributed by atoms with Gasteiger partial charge in [0.1, 0.15) is 12.6 Å². The molecule has 0 spiro atoms. The maximum absolute atomic E-state index is 12.3. The van der Waals surface area contributed by atoms with E-state index in [1.807, 2.05) is 0 Å². The average Bonchev–Trinajstić information content (AvgIpc) is 2.61. The number of β-amino-alcohol motifs (C(OH)–C–C–N with tert-alkyl or cyclic N) is 1. The number of hydrogen-bond donors (Lipinski definition) is 3. The molecule has 0 radical (unpaired) electrons. The quantitative estimate of drug-likeness (QED) is 0.534. The van der Waals surface area contributed by atoms with Crippen molar-refractivity contribution in [3.63, 3.8) is 0 Å². The van der Waals surface area contributed by atoms with Crippen LogP contribution < -0.4 is 5.32 Å². The van der Waals surface area contributed by atoms with E-state index in [2.05, 4.69) is 5.32 Å². The van der Waals surface area contributed by atoms with Crippen LogP contribution in [0.1, 0.15) is 12.8 Å². The van der Waals surface area contributed by atoms with Crippen LogP contribution in [-0.2, 0) is 9.59 Å². The molecule has 2 saturated heterocycles. The first kappa shape index (κ1) is 13.6. The second-order valence-corrected chi connectivity index (χ2v) is 4.80. The fourth-order valence-corrected chi connectivity index (χ4v) is 2.41. The predicted octanol–water partition coefficient (Wildman–Crippen LogP) is -1.55. The number of amides is 3. The molecule has 0 bridgehead atoms. The summed E-state index contributed by atoms with van der Waals surface area (Å²) >= 11 is 0. The van der Waals surface area contributed by atoms with Crippen LogP contribution in [0.25, 0.3) is 0 Å². The van der Waals surface area contributed by atoms with Gasteiger partial charge >= 0.3 is 12.0 Å². The summed E-state index contributed by atoms with van der Waals surface area (Å²) < 4.78 is 0. The number of nitrogens with zero attached hydrogens (tertiary/aromatic N) is 2. The topological polar surface area (TPSA) is 110 Å². The number of hydrogen-bond acceptors (Lipinski definition) is 4. The molecule has 0 aromatic rings. The molecule has 2 atom stereocenters. The monoisotopic (exact) mass is 271 g/mol. The molecule has 2 heterocycles. The molecule has 19 heavy (non-hydrogen) atoms. The van der Waals surface area contributed by atoms with Gasteiger partial charge in [-0.1, -0.05) is 0 Å². The molecule has 8 nitrogen and oxygen atoms in total. The van der Waals surface area contributed by atoms with Crippen molar-refractivity contribution < 1.29 is 24.6 Å². The zero-order valence-electron chi connectivity index (χ0n) is 10.4. The fraction of sp³-hybridized carbons (Fsp3) is 0.727. The third kappa shape index (κ3) is 2.95. The maximum atomic E-state index is 12.3. The lowest BCUT2D eigenvalue weighted by Crippen LogP contribution is -2.49. The first-order valence-corrected chi connectivity index (χ1v) is 6.22. The van der Waals surface area contributed by atoms with Gasteiger partial charge in [-0.15, -0.1) is 0 Å². The summed E-state index contributed by atoms with van der Waals surface area (Å²) in [5, 5.41) is 21.2. The Labute approximate surface area is 110 Å². The van der Waals surface area contributed by atoms with Crippen LogP contribution in [-0.4, -0.2) is 76.2 Å². The number of rotatable bonds is 1. The molecular weight excluding hydrogens is 254 g/mol. The van der Waals surface area contributed by atoms with Gasteiger partial charge in [-0.3, -0.25) is 4.79 Å². The van der Waals surface area contributed by atoms with E-state index in [0.29, 0.717) is 19.5 Å². The molecule has 2 rings (SSSR count). The molecule has 106 valence electrons. The van der Waals surface area contributed by atoms with E-state index in [-0.39, 0.29) is 25.4 Å². The summed E-state index contributed by atoms with van der Waals surface area (Å²) in [6.07, 6.45) is -0.168. The zero-order valence-corrected chi connectivity index (χ0v) is 10.4. The third-order valence-electron chi connectivity index (χ3n) is 3.34. The number of aliphatic carboxylic acids is 1. The highest BCUT2D eigenvalue weighted by Gasteiger charge is 2.41. The number of aliphatic hydroxyl groups is 1. The molecular formula is C11H17N3O5. The minimum absolute atomic E-state index is 0.00603. The van der Waals surface area contributed by atoms with Crippen LogP contribution in [0.15, 0.2) is 0 Å². The maximum Gasteiger partial charge on any atom is 0.326 e. The molecule has 0 aromatic carbocycles. The van der Waals surface area contributed by atoms with E-state index >= 15 is 0 Å². The van der Waals surface area contributed by atoms with Crippen molar-refractivity contribution in [1.82, 2.24) is 15.1 Å². The number of carbonyl (C=O) groups excluding carboxylic acids is 2. The Morgan fingerprint density at radius 1 is 1.37 bits per heavy atom. The van der Waals surface area contributed by atoms with Crippen molar-refractivity contribution in [1.29, 1.82) is 0 Å². The summed E-state index contributed by atoms with van der Waals surface area (Å²) in [6, 6.07) is -1.52. The fourth-order valence-electron chi connectivity index (χ4n) is 2.41. The smallest absolute Gasteiger partial charge is 0.326 e. The lowest BCUT2D eigenvalue weighted by molar-refractivity contribution is -0.141. The van der Waals surface area contributed by atoms with Gasteiger partial charge in [0.2, 0.25) is 5.91 Å². The van der Waals surface area contributed by atoms with Gasteiger partial charge in [0.05, 0.1) is 6.10 Å². The number of likely N-dealkylation sites (tertiary alicyclic amines) is 1. The molecule has 3 N–H and O–H groups in total. The largest absolute Gasteiger partial charge is 0.480 e. The summed E-state index contributed by atoms with van der Waals surface area (Å²) in [7, 11) is 0. The number of urea groups is 1. The van der Waals surface area contributed by atoms with Crippen molar-refractivity contribution in [2.75, 3.05) is 26.2 Å². The summed E-state index contributed by atoms with van der Waals surface area (Å²) in [6.45, 7) is 0.829. The van der Waals surface area contributed by atoms with E-state index in [9.17, 15) is 19.5 Å². The molecule has 0 unspecified atom stereocenters. The highest BCUT2D eigenvalue weighted by Crippen LogP contribution is 2.20. The van der Waals surface area contributed by atoms with Crippen LogP contribution >= 0.6 is 0 Å². The average molecular weight is 271 g/mol. The van der Waals surface area contributed by atoms with Gasteiger partial charge in [0.15, 0.2) is 0 Å². The molecule has 8 heteroatoms. The lowest BCUT2D eigenvalue weighted by atomic mass is 10.2. The normalized spacial score (nSPS) is 27.9. The molecule has 2 fully saturated rings. The number of carboxylic acids is 1. The first-order chi connectivity index (χ1) is 8.99. The molecule has 0 saturated carbocycles. The van der Waals surface area contributed by atoms with Crippen LogP contribution in [0.3, 0.4) is 0 Å². The predicted molar refractivity (Wildman–Crippen MR) is 63.3 cm³/mol. The molecule has 3 amide bonds. The van der Waals surface area contributed by atoms with Gasteiger partial charge in [0, 0.05) is 26.1 Å². The Hall–Kier alpha value is -1.83. The standard InChI is InChI=1S/C11H17N3O5/c15-7-4-8(10(17)18)14(5-7)11(19)13-3-1-2-12-9(16)6-13/h7-8,15H,1-6H2,(H,12,16)(H,17,18)/t7-,8-/m0/s1. The van der Waals surface area contributed by atoms with Crippen LogP contribution in [0.4, 0.5) is 4.79 Å². The van der Waals surface area contributed by atoms with Gasteiger partial charge in [-0.2, -0.15) is 0 Å². The SMILES string of the molecule is O=C1CN(C(=O)N2C[C@@H](O)C[C@H]2C(=O)O)CCCN1. The van der Waals surface area contributed by atoms with Crippen molar-refractivity contribution >= 4 is 17.9 Å². The van der Waals surface area contributed by atoms with Gasteiger partial charge in [-0.05, 0) is 6.42 Å². The van der Waals surface area contributed by atoms with E-state index in [0.717, 1.165) is 4.90 Å². The Bertz CT molecular complexity index is 400. The van der Waals surface area contributed by atoms with Crippen LogP contribution in [0, 0.1) is 0 Å². The van der Waals surface area contributed by atoms with Gasteiger partial charge in [-0.25, -0.2) is 9.59 Å². The number of aliphatic hydroxyl groups excluding tert-OH is 1. The third-order valence-corrected chi connectivity index (χ3v) is 3.34. The molecule has 0 aromatic heterocycles. The number of carbonyl (C=O) groups is 3. The molecule has 2 aliphatic heterocycles. The van der Waals surface area contributed by atoms with Gasteiger partial charge in [0.25, 0.3) is 0 Å². The summed E-state index contributed by atoms with van der Waals surface area (Å²) in [4.78, 5) is 37.2. The summed E-state index contributed by atoms with van der Waals surface area (Å²) in [5.74, 6) is -1.39. The Morgan fingerprint density at radius 2 is 2.11 bits per heavy atom. The second-order valence-electron chi connectivity index (χ2n) is 4.80. The van der Waals surface area contributed by atoms with E-state index in [1.165, 1.54) is 4.90 Å². The minimum atomic E-state index is -1.14. The molecule has 0 aliphatic carbocycles. The Kier molecular flexibility index (Phi) is 3.89. The second kappa shape index (κ2) is 5.43. The van der Waals surface area contributed by atoms with Crippen molar-refractivity contribution in [3.8, 4) is 0 Å². The van der Waals surface area contributed by atoms with Crippen LogP contribution in [0.5, 0.6) is 0 Å².